The molecule has 0 aromatic heterocycles. The molecule has 0 aliphatic rings. The molecule has 0 saturated carbocycles. The van der Waals surface area contributed by atoms with Crippen LogP contribution in [0.25, 0.3) is 0 Å². The van der Waals surface area contributed by atoms with E-state index in [-0.39, 0.29) is 81.8 Å². The van der Waals surface area contributed by atoms with Crippen LogP contribution in [0.2, 0.25) is 0 Å². The highest BCUT2D eigenvalue weighted by Crippen LogP contribution is 2.35. The first-order chi connectivity index (χ1) is 32.5. The van der Waals surface area contributed by atoms with Crippen LogP contribution in [-0.4, -0.2) is 113 Å². The minimum absolute atomic E-state index is 0.0729. The van der Waals surface area contributed by atoms with Gasteiger partial charge in [-0.25, -0.2) is 9.59 Å². The van der Waals surface area contributed by atoms with Crippen molar-refractivity contribution < 1.29 is 54.5 Å². The van der Waals surface area contributed by atoms with Crippen molar-refractivity contribution in [3.05, 3.63) is 143 Å². The number of phenols is 6. The first kappa shape index (κ1) is 50.4. The molecule has 0 bridgehead atoms. The number of nitrogens with zero attached hydrogens (tertiary/aromatic N) is 8. The Hall–Kier alpha value is -8.55. The van der Waals surface area contributed by atoms with Crippen molar-refractivity contribution in [3.63, 3.8) is 0 Å². The van der Waals surface area contributed by atoms with Crippen LogP contribution in [0.5, 0.6) is 34.5 Å². The fourth-order valence-corrected chi connectivity index (χ4v) is 5.89. The maximum atomic E-state index is 13.1. The van der Waals surface area contributed by atoms with E-state index in [0.29, 0.717) is 42.0 Å². The molecule has 0 fully saturated rings. The lowest BCUT2D eigenvalue weighted by atomic mass is 9.98. The molecule has 0 aliphatic heterocycles. The largest absolute Gasteiger partial charge is 0.508 e. The van der Waals surface area contributed by atoms with Gasteiger partial charge < -0.3 is 49.9 Å². The summed E-state index contributed by atoms with van der Waals surface area (Å²) in [6, 6.07) is 28.5. The van der Waals surface area contributed by atoms with Crippen molar-refractivity contribution in [2.45, 2.75) is 13.3 Å². The van der Waals surface area contributed by atoms with Crippen LogP contribution in [0.4, 0.5) is 34.1 Å². The lowest BCUT2D eigenvalue weighted by Gasteiger charge is -2.12. The molecule has 68 heavy (non-hydrogen) atoms. The predicted octanol–water partition coefficient (Wildman–Crippen LogP) is 10.1. The lowest BCUT2D eigenvalue weighted by Crippen LogP contribution is -2.20. The fraction of sp³-hybridized carbons (Fsp3) is 0.204. The highest BCUT2D eigenvalue weighted by Gasteiger charge is 2.17. The molecule has 6 aromatic rings. The molecule has 0 heterocycles. The summed E-state index contributed by atoms with van der Waals surface area (Å²) in [5.74, 6) is -2.38. The summed E-state index contributed by atoms with van der Waals surface area (Å²) in [4.78, 5) is 41.5. The van der Waals surface area contributed by atoms with E-state index in [1.165, 1.54) is 43.3 Å². The van der Waals surface area contributed by atoms with Crippen LogP contribution >= 0.6 is 0 Å². The van der Waals surface area contributed by atoms with E-state index < -0.39 is 11.9 Å². The summed E-state index contributed by atoms with van der Waals surface area (Å²) in [5.41, 5.74) is 3.52. The Morgan fingerprint density at radius 3 is 1.21 bits per heavy atom. The maximum Gasteiger partial charge on any atom is 0.340 e. The monoisotopic (exact) mass is 926 g/mol. The molecule has 0 amide bonds. The third kappa shape index (κ3) is 15.0. The van der Waals surface area contributed by atoms with Crippen LogP contribution in [-0.2, 0) is 15.9 Å². The Morgan fingerprint density at radius 2 is 0.794 bits per heavy atom. The molecule has 0 unspecified atom stereocenters. The number of azo groups is 3. The number of carbonyl (C=O) groups is 3. The third-order valence-electron chi connectivity index (χ3n) is 9.47. The predicted molar refractivity (Wildman–Crippen MR) is 252 cm³/mol. The molecule has 6 rings (SSSR count). The van der Waals surface area contributed by atoms with Gasteiger partial charge in [-0.3, -0.25) is 4.79 Å². The average molecular weight is 927 g/mol. The molecular weight excluding hydrogens is 877 g/mol. The van der Waals surface area contributed by atoms with Gasteiger partial charge in [-0.1, -0.05) is 24.3 Å². The molecule has 352 valence electrons. The van der Waals surface area contributed by atoms with Gasteiger partial charge in [0.2, 0.25) is 0 Å². The number of aromatic hydroxyl groups is 6. The summed E-state index contributed by atoms with van der Waals surface area (Å²) in [6.45, 7) is 2.98. The van der Waals surface area contributed by atoms with E-state index in [2.05, 4.69) is 30.7 Å². The number of hydrogen-bond acceptors (Lipinski definition) is 19. The zero-order valence-electron chi connectivity index (χ0n) is 37.8. The van der Waals surface area contributed by atoms with Gasteiger partial charge in [0, 0.05) is 36.9 Å². The smallest absolute Gasteiger partial charge is 0.340 e. The Kier molecular flexibility index (Phi) is 17.9. The number of phenolic OH excluding ortho intramolecular Hbond substituents is 6. The van der Waals surface area contributed by atoms with Gasteiger partial charge in [0.05, 0.1) is 16.8 Å². The average Bonchev–Trinajstić information content (AvgIpc) is 3.28. The van der Waals surface area contributed by atoms with E-state index >= 15 is 0 Å². The van der Waals surface area contributed by atoms with Crippen molar-refractivity contribution in [3.8, 4) is 34.5 Å². The molecule has 19 nitrogen and oxygen atoms in total. The number of benzene rings is 6. The maximum absolute atomic E-state index is 13.1. The number of hydrogen-bond donors (Lipinski definition) is 6. The molecule has 0 aliphatic carbocycles. The van der Waals surface area contributed by atoms with Gasteiger partial charge >= 0.3 is 11.9 Å². The molecule has 0 saturated heterocycles. The Labute approximate surface area is 391 Å². The highest BCUT2D eigenvalue weighted by molar-refractivity contribution is 5.99. The zero-order valence-corrected chi connectivity index (χ0v) is 37.8. The number of esters is 2. The number of Topliss-reactive ketones (excluding diaryl/α,β-unsaturated/α-hetero) is 1. The second-order valence-electron chi connectivity index (χ2n) is 15.5. The standard InChI is InChI=1S/C32H31N5O7.C17H19N3O4/c1-19(38)24-15-20(4-8-26(24)33-35-28-10-6-22(39)17-30(28)41)14-21-5-9-27(25(16-21)32(43)44-13-12-37(2)3)34-36-29-11-7-23(40)18-31(29)42;1-20(2)9-10-24-17(23)13-5-3-4-6-14(13)18-19-15-8-7-12(21)11-16(15)22/h4-11,15-18,39-42H,12-14H2,1-3H3;3-8,11,21-22H,9-10H2,1-2H3. The van der Waals surface area contributed by atoms with Crippen molar-refractivity contribution in [2.75, 3.05) is 54.5 Å². The number of likely N-dealkylation sites (N-methyl/N-ethyl adjacent to an activating group) is 2. The Bertz CT molecular complexity index is 2850. The zero-order chi connectivity index (χ0) is 49.3. The molecule has 0 spiro atoms. The number of carbonyl (C=O) groups excluding carboxylic acids is 3. The number of rotatable bonds is 17. The minimum atomic E-state index is -0.602. The van der Waals surface area contributed by atoms with E-state index in [4.69, 9.17) is 9.47 Å². The van der Waals surface area contributed by atoms with Crippen LogP contribution in [0.1, 0.15) is 49.1 Å². The van der Waals surface area contributed by atoms with Crippen LogP contribution in [0.3, 0.4) is 0 Å². The second kappa shape index (κ2) is 24.1. The lowest BCUT2D eigenvalue weighted by molar-refractivity contribution is 0.0473. The van der Waals surface area contributed by atoms with E-state index in [1.54, 1.807) is 60.7 Å². The SMILES string of the molecule is CC(=O)c1cc(Cc2ccc(N=Nc3ccc(O)cc3O)c(C(=O)OCCN(C)C)c2)ccc1N=Nc1ccc(O)cc1O.CN(C)CCOC(=O)c1ccccc1N=Nc1ccc(O)cc1O. The summed E-state index contributed by atoms with van der Waals surface area (Å²) >= 11 is 0. The van der Waals surface area contributed by atoms with Gasteiger partial charge in [-0.15, -0.1) is 30.7 Å². The fourth-order valence-electron chi connectivity index (χ4n) is 5.89. The van der Waals surface area contributed by atoms with Gasteiger partial charge in [-0.05, 0) is 125 Å². The summed E-state index contributed by atoms with van der Waals surface area (Å²) < 4.78 is 10.7. The van der Waals surface area contributed by atoms with E-state index in [1.807, 2.05) is 38.0 Å². The first-order valence-corrected chi connectivity index (χ1v) is 20.8. The Morgan fingerprint density at radius 1 is 0.441 bits per heavy atom. The van der Waals surface area contributed by atoms with Gasteiger partial charge in [0.15, 0.2) is 5.78 Å². The molecule has 6 aromatic carbocycles. The summed E-state index contributed by atoms with van der Waals surface area (Å²) in [6.07, 6.45) is 0.352. The normalized spacial score (nSPS) is 11.3. The van der Waals surface area contributed by atoms with Gasteiger partial charge in [0.25, 0.3) is 0 Å². The summed E-state index contributed by atoms with van der Waals surface area (Å²) in [7, 11) is 7.50. The van der Waals surface area contributed by atoms with Crippen LogP contribution in [0.15, 0.2) is 146 Å². The molecule has 19 heteroatoms. The van der Waals surface area contributed by atoms with E-state index in [0.717, 1.165) is 29.3 Å². The highest BCUT2D eigenvalue weighted by atomic mass is 16.5. The van der Waals surface area contributed by atoms with Crippen molar-refractivity contribution >= 4 is 51.8 Å². The first-order valence-electron chi connectivity index (χ1n) is 20.8. The second-order valence-corrected chi connectivity index (χ2v) is 15.5. The third-order valence-corrected chi connectivity index (χ3v) is 9.47. The summed E-state index contributed by atoms with van der Waals surface area (Å²) in [5, 5.41) is 82.2. The van der Waals surface area contributed by atoms with Crippen molar-refractivity contribution in [2.24, 2.45) is 30.7 Å². The van der Waals surface area contributed by atoms with Gasteiger partial charge in [0.1, 0.15) is 76.1 Å². The number of ketones is 1. The molecule has 0 atom stereocenters. The topological polar surface area (TPSA) is 272 Å². The Balaban J connectivity index is 0.000000303. The van der Waals surface area contributed by atoms with Crippen molar-refractivity contribution in [1.29, 1.82) is 0 Å². The minimum Gasteiger partial charge on any atom is -0.508 e. The van der Waals surface area contributed by atoms with Crippen LogP contribution < -0.4 is 0 Å². The number of ether oxygens (including phenoxy) is 2. The molecule has 6 N–H and O–H groups in total. The van der Waals surface area contributed by atoms with Gasteiger partial charge in [-0.2, -0.15) is 0 Å². The molecular formula is C49H50N8O11. The van der Waals surface area contributed by atoms with E-state index in [9.17, 15) is 45.0 Å². The van der Waals surface area contributed by atoms with Crippen LogP contribution in [0, 0.1) is 0 Å². The quantitative estimate of drug-likeness (QED) is 0.0283. The van der Waals surface area contributed by atoms with Crippen molar-refractivity contribution in [1.82, 2.24) is 9.80 Å². The molecule has 0 radical (unpaired) electrons.